The van der Waals surface area contributed by atoms with Crippen LogP contribution in [0.5, 0.6) is 0 Å². The fraction of sp³-hybridized carbons (Fsp3) is 0.483. The summed E-state index contributed by atoms with van der Waals surface area (Å²) in [5, 5.41) is 3.20. The summed E-state index contributed by atoms with van der Waals surface area (Å²) in [5.41, 5.74) is 1.27. The first-order valence-corrected chi connectivity index (χ1v) is 14.0. The second kappa shape index (κ2) is 11.8. The maximum absolute atomic E-state index is 13.7. The van der Waals surface area contributed by atoms with Gasteiger partial charge in [0.15, 0.2) is 0 Å². The van der Waals surface area contributed by atoms with Gasteiger partial charge in [-0.3, -0.25) is 14.5 Å². The number of imide groups is 1. The fourth-order valence-corrected chi connectivity index (χ4v) is 5.68. The Hall–Kier alpha value is -2.71. The minimum atomic E-state index is -0.762. The van der Waals surface area contributed by atoms with Gasteiger partial charge in [0, 0.05) is 36.6 Å². The van der Waals surface area contributed by atoms with Gasteiger partial charge in [0.05, 0.1) is 12.6 Å². The van der Waals surface area contributed by atoms with Crippen LogP contribution in [0.2, 0.25) is 0 Å². The molecule has 8 heteroatoms. The van der Waals surface area contributed by atoms with Gasteiger partial charge in [0.25, 0.3) is 5.91 Å². The molecule has 4 amide bonds. The Morgan fingerprint density at radius 3 is 2.27 bits per heavy atom. The number of carbonyl (C=O) groups is 3. The molecular formula is C29H37BrN4O3. The lowest BCUT2D eigenvalue weighted by Gasteiger charge is -2.42. The van der Waals surface area contributed by atoms with Crippen LogP contribution in [0.3, 0.4) is 0 Å². The molecule has 2 aliphatic heterocycles. The number of hydrogen-bond acceptors (Lipinski definition) is 4. The van der Waals surface area contributed by atoms with Crippen molar-refractivity contribution in [2.45, 2.75) is 58.2 Å². The normalized spacial score (nSPS) is 18.6. The van der Waals surface area contributed by atoms with Crippen LogP contribution in [0.15, 0.2) is 59.1 Å². The molecule has 7 nitrogen and oxygen atoms in total. The number of urea groups is 1. The van der Waals surface area contributed by atoms with Gasteiger partial charge in [-0.15, -0.1) is 0 Å². The first-order chi connectivity index (χ1) is 17.7. The summed E-state index contributed by atoms with van der Waals surface area (Å²) in [7, 11) is 0. The Labute approximate surface area is 228 Å². The monoisotopic (exact) mass is 568 g/mol. The Morgan fingerprint density at radius 2 is 1.68 bits per heavy atom. The third-order valence-electron chi connectivity index (χ3n) is 7.65. The number of benzene rings is 2. The van der Waals surface area contributed by atoms with E-state index in [0.29, 0.717) is 25.9 Å². The molecule has 4 rings (SSSR count). The van der Waals surface area contributed by atoms with E-state index in [1.165, 1.54) is 4.90 Å². The largest absolute Gasteiger partial charge is 0.349 e. The average Bonchev–Trinajstić information content (AvgIpc) is 3.09. The van der Waals surface area contributed by atoms with E-state index in [-0.39, 0.29) is 29.8 Å². The average molecular weight is 570 g/mol. The van der Waals surface area contributed by atoms with Crippen LogP contribution in [0.1, 0.15) is 57.2 Å². The maximum atomic E-state index is 13.7. The number of nitrogens with zero attached hydrogens (tertiary/aromatic N) is 3. The zero-order valence-electron chi connectivity index (χ0n) is 22.0. The van der Waals surface area contributed by atoms with Crippen LogP contribution in [0.4, 0.5) is 4.79 Å². The number of likely N-dealkylation sites (tertiary alicyclic amines) is 1. The summed E-state index contributed by atoms with van der Waals surface area (Å²) < 4.78 is 0.965. The molecule has 198 valence electrons. The molecule has 0 radical (unpaired) electrons. The highest BCUT2D eigenvalue weighted by Gasteiger charge is 2.57. The van der Waals surface area contributed by atoms with Gasteiger partial charge in [-0.05, 0) is 49.4 Å². The Bertz CT molecular complexity index is 1100. The van der Waals surface area contributed by atoms with Gasteiger partial charge < -0.3 is 15.1 Å². The predicted octanol–water partition coefficient (Wildman–Crippen LogP) is 4.97. The summed E-state index contributed by atoms with van der Waals surface area (Å²) in [6.07, 6.45) is 2.03. The van der Waals surface area contributed by atoms with Crippen molar-refractivity contribution in [1.82, 2.24) is 20.0 Å². The first-order valence-electron chi connectivity index (χ1n) is 13.2. The highest BCUT2D eigenvalue weighted by atomic mass is 79.9. The number of rotatable bonds is 9. The van der Waals surface area contributed by atoms with Crippen LogP contribution in [0, 0.1) is 5.92 Å². The number of amides is 4. The van der Waals surface area contributed by atoms with Crippen LogP contribution in [-0.2, 0) is 16.1 Å². The SMILES string of the molecule is CCN1C(=O)N(Cc2ccc(Br)cc2)C(=O)C12CCN(CCC(NC(=O)C(C)C)c1ccccc1)CC2. The van der Waals surface area contributed by atoms with E-state index in [2.05, 4.69) is 38.3 Å². The topological polar surface area (TPSA) is 73.0 Å². The lowest BCUT2D eigenvalue weighted by atomic mass is 9.85. The molecular weight excluding hydrogens is 532 g/mol. The smallest absolute Gasteiger partial charge is 0.327 e. The van der Waals surface area contributed by atoms with Crippen LogP contribution < -0.4 is 5.32 Å². The Balaban J connectivity index is 1.40. The number of carbonyl (C=O) groups excluding carboxylic acids is 3. The Kier molecular flexibility index (Phi) is 8.70. The third-order valence-corrected chi connectivity index (χ3v) is 8.18. The van der Waals surface area contributed by atoms with E-state index in [1.54, 1.807) is 4.90 Å². The molecule has 1 spiro atoms. The summed E-state index contributed by atoms with van der Waals surface area (Å²) >= 11 is 3.44. The van der Waals surface area contributed by atoms with Gasteiger partial charge in [0.2, 0.25) is 5.91 Å². The zero-order valence-corrected chi connectivity index (χ0v) is 23.5. The molecule has 0 aliphatic carbocycles. The number of halogens is 1. The second-order valence-corrected chi connectivity index (χ2v) is 11.2. The number of likely N-dealkylation sites (N-methyl/N-ethyl adjacent to an activating group) is 1. The van der Waals surface area contributed by atoms with Crippen molar-refractivity contribution in [1.29, 1.82) is 0 Å². The molecule has 0 aromatic heterocycles. The Morgan fingerprint density at radius 1 is 1.03 bits per heavy atom. The van der Waals surface area contributed by atoms with Crippen molar-refractivity contribution in [3.8, 4) is 0 Å². The first kappa shape index (κ1) is 27.3. The van der Waals surface area contributed by atoms with E-state index in [1.807, 2.05) is 63.2 Å². The van der Waals surface area contributed by atoms with Crippen molar-refractivity contribution >= 4 is 33.8 Å². The summed E-state index contributed by atoms with van der Waals surface area (Å²) in [4.78, 5) is 44.9. The van der Waals surface area contributed by atoms with E-state index in [4.69, 9.17) is 0 Å². The fourth-order valence-electron chi connectivity index (χ4n) is 5.42. The molecule has 1 N–H and O–H groups in total. The lowest BCUT2D eigenvalue weighted by Crippen LogP contribution is -2.56. The molecule has 2 aromatic carbocycles. The number of hydrogen-bond donors (Lipinski definition) is 1. The van der Waals surface area contributed by atoms with Crippen molar-refractivity contribution in [3.05, 3.63) is 70.2 Å². The molecule has 1 atom stereocenters. The van der Waals surface area contributed by atoms with Crippen LogP contribution in [0.25, 0.3) is 0 Å². The molecule has 2 aromatic rings. The molecule has 0 bridgehead atoms. The third kappa shape index (κ3) is 5.91. The summed E-state index contributed by atoms with van der Waals surface area (Å²) in [6, 6.07) is 17.6. The van der Waals surface area contributed by atoms with Crippen molar-refractivity contribution < 1.29 is 14.4 Å². The summed E-state index contributed by atoms with van der Waals surface area (Å²) in [5.74, 6) is -0.105. The zero-order chi connectivity index (χ0) is 26.6. The quantitative estimate of drug-likeness (QED) is 0.433. The van der Waals surface area contributed by atoms with Gasteiger partial charge in [-0.25, -0.2) is 4.79 Å². The van der Waals surface area contributed by atoms with E-state index in [9.17, 15) is 14.4 Å². The van der Waals surface area contributed by atoms with Gasteiger partial charge in [0.1, 0.15) is 5.54 Å². The molecule has 2 fully saturated rings. The second-order valence-electron chi connectivity index (χ2n) is 10.3. The minimum absolute atomic E-state index is 0.0472. The van der Waals surface area contributed by atoms with Crippen LogP contribution in [-0.4, -0.2) is 64.3 Å². The highest BCUT2D eigenvalue weighted by molar-refractivity contribution is 9.10. The maximum Gasteiger partial charge on any atom is 0.327 e. The minimum Gasteiger partial charge on any atom is -0.349 e. The van der Waals surface area contributed by atoms with E-state index in [0.717, 1.165) is 41.7 Å². The highest BCUT2D eigenvalue weighted by Crippen LogP contribution is 2.38. The van der Waals surface area contributed by atoms with E-state index < -0.39 is 5.54 Å². The molecule has 1 unspecified atom stereocenters. The van der Waals surface area contributed by atoms with Crippen molar-refractivity contribution in [3.63, 3.8) is 0 Å². The number of piperidine rings is 1. The summed E-state index contributed by atoms with van der Waals surface area (Å²) in [6.45, 7) is 8.85. The molecule has 2 saturated heterocycles. The lowest BCUT2D eigenvalue weighted by molar-refractivity contribution is -0.136. The predicted molar refractivity (Wildman–Crippen MR) is 148 cm³/mol. The van der Waals surface area contributed by atoms with Gasteiger partial charge in [-0.1, -0.05) is 72.2 Å². The van der Waals surface area contributed by atoms with Gasteiger partial charge >= 0.3 is 6.03 Å². The molecule has 2 heterocycles. The van der Waals surface area contributed by atoms with E-state index >= 15 is 0 Å². The van der Waals surface area contributed by atoms with Crippen molar-refractivity contribution in [2.24, 2.45) is 5.92 Å². The van der Waals surface area contributed by atoms with Crippen molar-refractivity contribution in [2.75, 3.05) is 26.2 Å². The molecule has 2 aliphatic rings. The van der Waals surface area contributed by atoms with Gasteiger partial charge in [-0.2, -0.15) is 0 Å². The number of nitrogens with one attached hydrogen (secondary N) is 1. The van der Waals surface area contributed by atoms with Crippen LogP contribution >= 0.6 is 15.9 Å². The molecule has 0 saturated carbocycles. The molecule has 37 heavy (non-hydrogen) atoms. The standard InChI is InChI=1S/C29H37BrN4O3/c1-4-34-28(37)33(20-22-10-12-24(30)13-11-22)27(36)29(34)15-18-32(19-16-29)17-14-25(31-26(35)21(2)3)23-8-6-5-7-9-23/h5-13,21,25H,4,14-20H2,1-3H3,(H,31,35).